The predicted octanol–water partition coefficient (Wildman–Crippen LogP) is 6.42. The number of nitrogens with one attached hydrogen (secondary N) is 1. The van der Waals surface area contributed by atoms with Crippen LogP contribution in [0.3, 0.4) is 0 Å². The summed E-state index contributed by atoms with van der Waals surface area (Å²) in [6.45, 7) is 5.04. The zero-order valence-electron chi connectivity index (χ0n) is 18.9. The highest BCUT2D eigenvalue weighted by Crippen LogP contribution is 2.43. The normalized spacial score (nSPS) is 15.3. The van der Waals surface area contributed by atoms with Gasteiger partial charge in [0.15, 0.2) is 0 Å². The quantitative estimate of drug-likeness (QED) is 0.432. The topological polar surface area (TPSA) is 67.1 Å². The standard InChI is InChI=1S/C25H27F2N3O2S/c1-25(2,3)33(31)29-17-9-7-16(8-10-17)24-21(14-28)20-12-11-19(32-15-23(26)27)13-22(20)30(24)18-5-4-6-18/h7-13,18,23,29H,4-6,15H2,1-3H3. The highest BCUT2D eigenvalue weighted by molar-refractivity contribution is 7.87. The van der Waals surface area contributed by atoms with E-state index in [9.17, 15) is 18.3 Å². The maximum Gasteiger partial charge on any atom is 0.272 e. The van der Waals surface area contributed by atoms with E-state index < -0.39 is 28.8 Å². The smallest absolute Gasteiger partial charge is 0.272 e. The van der Waals surface area contributed by atoms with Crippen LogP contribution in [0.1, 0.15) is 51.6 Å². The first kappa shape index (κ1) is 23.2. The number of nitriles is 1. The van der Waals surface area contributed by atoms with Gasteiger partial charge in [-0.2, -0.15) is 5.26 Å². The summed E-state index contributed by atoms with van der Waals surface area (Å²) >= 11 is 0. The van der Waals surface area contributed by atoms with Crippen LogP contribution >= 0.6 is 0 Å². The third-order valence-corrected chi connectivity index (χ3v) is 7.36. The van der Waals surface area contributed by atoms with Crippen LogP contribution in [0.4, 0.5) is 14.5 Å². The molecule has 1 aromatic heterocycles. The van der Waals surface area contributed by atoms with Crippen LogP contribution in [-0.4, -0.2) is 26.6 Å². The summed E-state index contributed by atoms with van der Waals surface area (Å²) in [5.41, 5.74) is 3.79. The molecule has 2 aromatic carbocycles. The van der Waals surface area contributed by atoms with Crippen LogP contribution < -0.4 is 9.46 Å². The number of benzene rings is 2. The summed E-state index contributed by atoms with van der Waals surface area (Å²) in [6, 6.07) is 15.3. The van der Waals surface area contributed by atoms with Crippen LogP contribution in [-0.2, 0) is 11.0 Å². The van der Waals surface area contributed by atoms with Gasteiger partial charge < -0.3 is 14.0 Å². The lowest BCUT2D eigenvalue weighted by atomic mass is 9.92. The molecule has 0 amide bonds. The molecule has 1 unspecified atom stereocenters. The summed E-state index contributed by atoms with van der Waals surface area (Å²) in [6.07, 6.45) is 0.542. The SMILES string of the molecule is CC(C)(C)S(=O)Nc1ccc(-c2c(C#N)c3ccc(OCC(F)F)cc3n2C2CCC2)cc1. The molecule has 1 atom stereocenters. The third-order valence-electron chi connectivity index (χ3n) is 5.83. The summed E-state index contributed by atoms with van der Waals surface area (Å²) in [4.78, 5) is 0. The van der Waals surface area contributed by atoms with Crippen molar-refractivity contribution < 1.29 is 17.7 Å². The Morgan fingerprint density at radius 3 is 2.45 bits per heavy atom. The molecule has 4 rings (SSSR count). The number of hydrogen-bond donors (Lipinski definition) is 1. The van der Waals surface area contributed by atoms with Gasteiger partial charge >= 0.3 is 0 Å². The van der Waals surface area contributed by atoms with E-state index in [1.165, 1.54) is 0 Å². The van der Waals surface area contributed by atoms with Crippen molar-refractivity contribution in [2.45, 2.75) is 57.2 Å². The van der Waals surface area contributed by atoms with Crippen LogP contribution in [0.2, 0.25) is 0 Å². The van der Waals surface area contributed by atoms with Gasteiger partial charge in [-0.05, 0) is 69.9 Å². The number of ether oxygens (including phenoxy) is 1. The van der Waals surface area contributed by atoms with E-state index in [2.05, 4.69) is 15.4 Å². The number of anilines is 1. The summed E-state index contributed by atoms with van der Waals surface area (Å²) in [7, 11) is -1.24. The molecule has 5 nitrogen and oxygen atoms in total. The Morgan fingerprint density at radius 2 is 1.91 bits per heavy atom. The fraction of sp³-hybridized carbons (Fsp3) is 0.400. The van der Waals surface area contributed by atoms with Crippen molar-refractivity contribution in [2.24, 2.45) is 0 Å². The van der Waals surface area contributed by atoms with Crippen molar-refractivity contribution in [1.82, 2.24) is 4.57 Å². The van der Waals surface area contributed by atoms with Gasteiger partial charge in [0.25, 0.3) is 6.43 Å². The Morgan fingerprint density at radius 1 is 1.21 bits per heavy atom. The second-order valence-electron chi connectivity index (χ2n) is 9.23. The predicted molar refractivity (Wildman–Crippen MR) is 128 cm³/mol. The van der Waals surface area contributed by atoms with Crippen molar-refractivity contribution in [3.63, 3.8) is 0 Å². The maximum absolute atomic E-state index is 12.6. The molecule has 174 valence electrons. The highest BCUT2D eigenvalue weighted by Gasteiger charge is 2.28. The average molecular weight is 472 g/mol. The lowest BCUT2D eigenvalue weighted by Crippen LogP contribution is -2.27. The van der Waals surface area contributed by atoms with Crippen molar-refractivity contribution >= 4 is 27.6 Å². The van der Waals surface area contributed by atoms with Crippen molar-refractivity contribution in [3.05, 3.63) is 48.0 Å². The Hall–Kier alpha value is -2.92. The maximum atomic E-state index is 12.6. The molecule has 33 heavy (non-hydrogen) atoms. The fourth-order valence-electron chi connectivity index (χ4n) is 3.92. The molecule has 0 spiro atoms. The molecule has 0 radical (unpaired) electrons. The van der Waals surface area contributed by atoms with Crippen molar-refractivity contribution in [1.29, 1.82) is 5.26 Å². The molecule has 1 aliphatic rings. The first-order valence-corrected chi connectivity index (χ1v) is 12.1. The van der Waals surface area contributed by atoms with E-state index in [1.807, 2.05) is 45.0 Å². The fourth-order valence-corrected chi connectivity index (χ4v) is 4.57. The minimum absolute atomic E-state index is 0.237. The van der Waals surface area contributed by atoms with Crippen LogP contribution in [0.15, 0.2) is 42.5 Å². The molecular formula is C25H27F2N3O2S. The number of nitrogens with zero attached hydrogens (tertiary/aromatic N) is 2. The van der Waals surface area contributed by atoms with E-state index in [0.29, 0.717) is 11.3 Å². The van der Waals surface area contributed by atoms with Gasteiger partial charge in [0.05, 0.1) is 21.5 Å². The molecular weight excluding hydrogens is 444 g/mol. The molecule has 8 heteroatoms. The van der Waals surface area contributed by atoms with E-state index >= 15 is 0 Å². The second-order valence-corrected chi connectivity index (χ2v) is 11.2. The Kier molecular flexibility index (Phi) is 6.44. The molecule has 3 aromatic rings. The largest absolute Gasteiger partial charge is 0.488 e. The Labute approximate surface area is 194 Å². The first-order chi connectivity index (χ1) is 15.7. The Balaban J connectivity index is 1.78. The minimum Gasteiger partial charge on any atom is -0.488 e. The first-order valence-electron chi connectivity index (χ1n) is 11.0. The van der Waals surface area contributed by atoms with Gasteiger partial charge in [0.2, 0.25) is 0 Å². The van der Waals surface area contributed by atoms with Crippen LogP contribution in [0, 0.1) is 11.3 Å². The van der Waals surface area contributed by atoms with Crippen LogP contribution in [0.5, 0.6) is 5.75 Å². The number of rotatable bonds is 7. The molecule has 1 aliphatic carbocycles. The number of hydrogen-bond acceptors (Lipinski definition) is 3. The zero-order valence-corrected chi connectivity index (χ0v) is 19.7. The van der Waals surface area contributed by atoms with E-state index in [4.69, 9.17) is 4.74 Å². The van der Waals surface area contributed by atoms with Crippen molar-refractivity contribution in [3.8, 4) is 23.1 Å². The van der Waals surface area contributed by atoms with Gasteiger partial charge in [0, 0.05) is 23.2 Å². The number of alkyl halides is 2. The minimum atomic E-state index is -2.55. The average Bonchev–Trinajstić information content (AvgIpc) is 3.04. The van der Waals surface area contributed by atoms with Gasteiger partial charge in [0.1, 0.15) is 29.4 Å². The van der Waals surface area contributed by atoms with Gasteiger partial charge in [-0.15, -0.1) is 0 Å². The zero-order chi connectivity index (χ0) is 23.8. The molecule has 0 bridgehead atoms. The monoisotopic (exact) mass is 471 g/mol. The summed E-state index contributed by atoms with van der Waals surface area (Å²) < 4.78 is 47.7. The Bertz CT molecular complexity index is 1220. The van der Waals surface area contributed by atoms with E-state index in [0.717, 1.165) is 47.1 Å². The van der Waals surface area contributed by atoms with Crippen molar-refractivity contribution in [2.75, 3.05) is 11.3 Å². The van der Waals surface area contributed by atoms with Gasteiger partial charge in [-0.25, -0.2) is 13.0 Å². The van der Waals surface area contributed by atoms with E-state index in [1.54, 1.807) is 18.2 Å². The lowest BCUT2D eigenvalue weighted by molar-refractivity contribution is 0.0819. The number of halogens is 2. The van der Waals surface area contributed by atoms with Crippen LogP contribution in [0.25, 0.3) is 22.2 Å². The molecule has 1 fully saturated rings. The molecule has 1 heterocycles. The van der Waals surface area contributed by atoms with Gasteiger partial charge in [-0.1, -0.05) is 12.1 Å². The number of aromatic nitrogens is 1. The molecule has 1 N–H and O–H groups in total. The number of fused-ring (bicyclic) bond motifs is 1. The van der Waals surface area contributed by atoms with Gasteiger partial charge in [-0.3, -0.25) is 0 Å². The third kappa shape index (κ3) is 4.74. The van der Waals surface area contributed by atoms with E-state index in [-0.39, 0.29) is 6.04 Å². The lowest BCUT2D eigenvalue weighted by Gasteiger charge is -2.30. The summed E-state index contributed by atoms with van der Waals surface area (Å²) in [5, 5.41) is 10.8. The highest BCUT2D eigenvalue weighted by atomic mass is 32.2. The summed E-state index contributed by atoms with van der Waals surface area (Å²) in [5.74, 6) is 0.362. The molecule has 0 saturated heterocycles. The molecule has 0 aliphatic heterocycles. The molecule has 1 saturated carbocycles. The second kappa shape index (κ2) is 9.14.